The summed E-state index contributed by atoms with van der Waals surface area (Å²) in [7, 11) is 1.59. The van der Waals surface area contributed by atoms with Gasteiger partial charge in [0.25, 0.3) is 5.91 Å². The van der Waals surface area contributed by atoms with Crippen molar-refractivity contribution >= 4 is 34.4 Å². The number of rotatable bonds is 7. The van der Waals surface area contributed by atoms with Gasteiger partial charge >= 0.3 is 5.97 Å². The van der Waals surface area contributed by atoms with Crippen LogP contribution in [0, 0.1) is 11.8 Å². The molecular weight excluding hydrogens is 440 g/mol. The summed E-state index contributed by atoms with van der Waals surface area (Å²) in [6.07, 6.45) is 4.91. The van der Waals surface area contributed by atoms with Crippen LogP contribution in [0.1, 0.15) is 48.5 Å². The van der Waals surface area contributed by atoms with E-state index in [0.29, 0.717) is 35.7 Å². The Labute approximate surface area is 198 Å². The first kappa shape index (κ1) is 23.2. The predicted octanol–water partition coefficient (Wildman–Crippen LogP) is 5.36. The highest BCUT2D eigenvalue weighted by Crippen LogP contribution is 2.32. The molecule has 4 rings (SSSR count). The number of aromatic nitrogens is 1. The van der Waals surface area contributed by atoms with Crippen molar-refractivity contribution in [3.63, 3.8) is 0 Å². The topological polar surface area (TPSA) is 80.6 Å². The molecule has 0 saturated heterocycles. The molecule has 0 bridgehead atoms. The number of carbonyl (C=O) groups excluding carboxylic acids is 1. The Bertz CT molecular complexity index is 1150. The normalized spacial score (nSPS) is 19.2. The molecule has 3 aromatic rings. The Morgan fingerprint density at radius 1 is 1.15 bits per heavy atom. The molecule has 2 aromatic carbocycles. The number of carboxylic acid groups (broad SMARTS) is 1. The van der Waals surface area contributed by atoms with Crippen molar-refractivity contribution in [3.05, 3.63) is 64.8 Å². The van der Waals surface area contributed by atoms with Crippen molar-refractivity contribution in [1.82, 2.24) is 9.88 Å². The largest absolute Gasteiger partial charge is 0.497 e. The monoisotopic (exact) mass is 468 g/mol. The summed E-state index contributed by atoms with van der Waals surface area (Å²) in [5, 5.41) is 14.0. The van der Waals surface area contributed by atoms with Crippen molar-refractivity contribution in [2.45, 2.75) is 45.2 Å². The molecule has 33 heavy (non-hydrogen) atoms. The van der Waals surface area contributed by atoms with Gasteiger partial charge in [0.05, 0.1) is 24.1 Å². The van der Waals surface area contributed by atoms with Crippen LogP contribution in [0.5, 0.6) is 5.75 Å². The SMILES string of the molecule is COc1cc(C(=O)NC(C)[C@H]2CC[C@H](C(=O)O)CC2)c2c(ccn2Cc2ccc(Cl)cc2)c1. The second-order valence-corrected chi connectivity index (χ2v) is 9.33. The van der Waals surface area contributed by atoms with Crippen molar-refractivity contribution in [1.29, 1.82) is 0 Å². The summed E-state index contributed by atoms with van der Waals surface area (Å²) in [4.78, 5) is 24.7. The molecule has 1 aliphatic rings. The predicted molar refractivity (Wildman–Crippen MR) is 129 cm³/mol. The molecule has 6 nitrogen and oxygen atoms in total. The summed E-state index contributed by atoms with van der Waals surface area (Å²) in [6.45, 7) is 2.62. The average Bonchev–Trinajstić information content (AvgIpc) is 3.22. The third-order valence-electron chi connectivity index (χ3n) is 6.77. The van der Waals surface area contributed by atoms with Crippen molar-refractivity contribution in [2.75, 3.05) is 7.11 Å². The Hall–Kier alpha value is -2.99. The number of nitrogens with one attached hydrogen (secondary N) is 1. The maximum Gasteiger partial charge on any atom is 0.306 e. The minimum Gasteiger partial charge on any atom is -0.497 e. The van der Waals surface area contributed by atoms with E-state index >= 15 is 0 Å². The lowest BCUT2D eigenvalue weighted by Crippen LogP contribution is -2.40. The second-order valence-electron chi connectivity index (χ2n) is 8.89. The van der Waals surface area contributed by atoms with E-state index < -0.39 is 5.97 Å². The lowest BCUT2D eigenvalue weighted by molar-refractivity contribution is -0.143. The average molecular weight is 469 g/mol. The zero-order chi connectivity index (χ0) is 23.5. The van der Waals surface area contributed by atoms with E-state index in [1.54, 1.807) is 13.2 Å². The molecular formula is C26H29ClN2O4. The van der Waals surface area contributed by atoms with Gasteiger partial charge in [0.15, 0.2) is 0 Å². The molecule has 1 saturated carbocycles. The van der Waals surface area contributed by atoms with E-state index in [2.05, 4.69) is 9.88 Å². The lowest BCUT2D eigenvalue weighted by Gasteiger charge is -2.31. The van der Waals surface area contributed by atoms with Gasteiger partial charge in [-0.25, -0.2) is 0 Å². The molecule has 1 heterocycles. The number of methoxy groups -OCH3 is 1. The summed E-state index contributed by atoms with van der Waals surface area (Å²) in [6, 6.07) is 13.3. The molecule has 7 heteroatoms. The van der Waals surface area contributed by atoms with Gasteiger partial charge in [0.1, 0.15) is 5.75 Å². The third-order valence-corrected chi connectivity index (χ3v) is 7.02. The fourth-order valence-corrected chi connectivity index (χ4v) is 4.93. The van der Waals surface area contributed by atoms with Gasteiger partial charge in [-0.05, 0) is 74.4 Å². The highest BCUT2D eigenvalue weighted by molar-refractivity contribution is 6.30. The number of benzene rings is 2. The summed E-state index contributed by atoms with van der Waals surface area (Å²) >= 11 is 6.02. The molecule has 0 aliphatic heterocycles. The molecule has 2 N–H and O–H groups in total. The number of ether oxygens (including phenoxy) is 1. The number of carboxylic acids is 1. The van der Waals surface area contributed by atoms with Crippen LogP contribution in [0.15, 0.2) is 48.7 Å². The molecule has 0 spiro atoms. The van der Waals surface area contributed by atoms with Crippen LogP contribution in [-0.2, 0) is 11.3 Å². The molecule has 1 fully saturated rings. The molecule has 1 amide bonds. The summed E-state index contributed by atoms with van der Waals surface area (Å²) < 4.78 is 7.51. The minimum atomic E-state index is -0.717. The molecule has 174 valence electrons. The van der Waals surface area contributed by atoms with E-state index in [4.69, 9.17) is 16.3 Å². The van der Waals surface area contributed by atoms with Crippen LogP contribution in [0.4, 0.5) is 0 Å². The fourth-order valence-electron chi connectivity index (χ4n) is 4.80. The van der Waals surface area contributed by atoms with Crippen molar-refractivity contribution in [2.24, 2.45) is 11.8 Å². The Morgan fingerprint density at radius 2 is 1.85 bits per heavy atom. The fraction of sp³-hybridized carbons (Fsp3) is 0.385. The highest BCUT2D eigenvalue weighted by atomic mass is 35.5. The summed E-state index contributed by atoms with van der Waals surface area (Å²) in [5.74, 6) is -0.232. The Morgan fingerprint density at radius 3 is 2.48 bits per heavy atom. The van der Waals surface area contributed by atoms with Gasteiger partial charge in [0, 0.05) is 29.2 Å². The van der Waals surface area contributed by atoms with Crippen molar-refractivity contribution < 1.29 is 19.4 Å². The maximum absolute atomic E-state index is 13.4. The highest BCUT2D eigenvalue weighted by Gasteiger charge is 2.30. The smallest absolute Gasteiger partial charge is 0.306 e. The van der Waals surface area contributed by atoms with E-state index in [1.165, 1.54) is 0 Å². The van der Waals surface area contributed by atoms with E-state index in [9.17, 15) is 14.7 Å². The standard InChI is InChI=1S/C26H29ClN2O4/c1-16(18-5-7-19(8-6-18)26(31)32)28-25(30)23-14-22(33-2)13-20-11-12-29(24(20)23)15-17-3-9-21(27)10-4-17/h3-4,9-14,16,18-19H,5-8,15H2,1-2H3,(H,28,30)(H,31,32)/t16?,18-,19-. The number of hydrogen-bond donors (Lipinski definition) is 2. The molecule has 1 atom stereocenters. The number of nitrogens with zero attached hydrogens (tertiary/aromatic N) is 1. The number of fused-ring (bicyclic) bond motifs is 1. The van der Waals surface area contributed by atoms with Crippen LogP contribution in [0.3, 0.4) is 0 Å². The van der Waals surface area contributed by atoms with Gasteiger partial charge in [-0.2, -0.15) is 0 Å². The van der Waals surface area contributed by atoms with Crippen LogP contribution in [-0.4, -0.2) is 34.7 Å². The first-order valence-corrected chi connectivity index (χ1v) is 11.7. The minimum absolute atomic E-state index is 0.0480. The third kappa shape index (κ3) is 5.17. The van der Waals surface area contributed by atoms with Gasteiger partial charge in [-0.15, -0.1) is 0 Å². The van der Waals surface area contributed by atoms with Gasteiger partial charge in [-0.3, -0.25) is 9.59 Å². The van der Waals surface area contributed by atoms with E-state index in [0.717, 1.165) is 29.3 Å². The van der Waals surface area contributed by atoms with Crippen LogP contribution in [0.2, 0.25) is 5.02 Å². The van der Waals surface area contributed by atoms with E-state index in [-0.39, 0.29) is 23.8 Å². The molecule has 1 aliphatic carbocycles. The zero-order valence-electron chi connectivity index (χ0n) is 18.9. The van der Waals surface area contributed by atoms with Gasteiger partial charge in [-0.1, -0.05) is 23.7 Å². The molecule has 0 radical (unpaired) electrons. The van der Waals surface area contributed by atoms with Gasteiger partial charge in [0.2, 0.25) is 0 Å². The van der Waals surface area contributed by atoms with Crippen LogP contribution < -0.4 is 10.1 Å². The first-order chi connectivity index (χ1) is 15.9. The number of amides is 1. The Kier molecular flexibility index (Phi) is 6.94. The number of carbonyl (C=O) groups is 2. The number of aliphatic carboxylic acids is 1. The molecule has 1 unspecified atom stereocenters. The summed E-state index contributed by atoms with van der Waals surface area (Å²) in [5.41, 5.74) is 2.50. The number of hydrogen-bond acceptors (Lipinski definition) is 3. The number of halogens is 1. The van der Waals surface area contributed by atoms with E-state index in [1.807, 2.05) is 49.5 Å². The first-order valence-electron chi connectivity index (χ1n) is 11.3. The van der Waals surface area contributed by atoms with Gasteiger partial charge < -0.3 is 19.7 Å². The van der Waals surface area contributed by atoms with Crippen LogP contribution >= 0.6 is 11.6 Å². The van der Waals surface area contributed by atoms with Crippen LogP contribution in [0.25, 0.3) is 10.9 Å². The second kappa shape index (κ2) is 9.87. The maximum atomic E-state index is 13.4. The lowest BCUT2D eigenvalue weighted by atomic mass is 9.79. The molecule has 1 aromatic heterocycles. The Balaban J connectivity index is 1.57. The van der Waals surface area contributed by atoms with Crippen molar-refractivity contribution in [3.8, 4) is 5.75 Å². The quantitative estimate of drug-likeness (QED) is 0.489. The zero-order valence-corrected chi connectivity index (χ0v) is 19.6.